The van der Waals surface area contributed by atoms with Crippen LogP contribution in [0.1, 0.15) is 15.9 Å². The number of hydrogen-bond acceptors (Lipinski definition) is 2. The molecule has 0 aliphatic rings. The van der Waals surface area contributed by atoms with Crippen LogP contribution in [0.25, 0.3) is 0 Å². The molecule has 4 heteroatoms. The summed E-state index contributed by atoms with van der Waals surface area (Å²) in [4.78, 5) is 13.2. The molecular weight excluding hydrogens is 283 g/mol. The van der Waals surface area contributed by atoms with Gasteiger partial charge in [-0.3, -0.25) is 4.79 Å². The Bertz CT molecular complexity index is 596. The summed E-state index contributed by atoms with van der Waals surface area (Å²) in [5, 5.41) is 0.412. The van der Waals surface area contributed by atoms with E-state index in [1.54, 1.807) is 23.9 Å². The third kappa shape index (κ3) is 3.58. The van der Waals surface area contributed by atoms with Crippen LogP contribution in [-0.4, -0.2) is 12.0 Å². The quantitative estimate of drug-likeness (QED) is 0.604. The van der Waals surface area contributed by atoms with E-state index in [0.29, 0.717) is 16.1 Å². The fraction of sp³-hybridized carbons (Fsp3) is 0.133. The van der Waals surface area contributed by atoms with Gasteiger partial charge < -0.3 is 0 Å². The van der Waals surface area contributed by atoms with Gasteiger partial charge in [0.15, 0.2) is 5.78 Å². The number of hydrogen-bond donors (Lipinski definition) is 0. The van der Waals surface area contributed by atoms with Crippen molar-refractivity contribution in [2.24, 2.45) is 0 Å². The summed E-state index contributed by atoms with van der Waals surface area (Å²) < 4.78 is 13.1. The molecule has 0 amide bonds. The largest absolute Gasteiger partial charge is 0.294 e. The first-order valence-corrected chi connectivity index (χ1v) is 7.31. The predicted octanol–water partition coefficient (Wildman–Crippen LogP) is 4.63. The van der Waals surface area contributed by atoms with Crippen LogP contribution in [0.3, 0.4) is 0 Å². The number of carbonyl (C=O) groups is 1. The summed E-state index contributed by atoms with van der Waals surface area (Å²) in [6, 6.07) is 11.4. The van der Waals surface area contributed by atoms with Crippen LogP contribution < -0.4 is 0 Å². The highest BCUT2D eigenvalue weighted by Gasteiger charge is 2.10. The summed E-state index contributed by atoms with van der Waals surface area (Å²) in [7, 11) is 0. The first-order chi connectivity index (χ1) is 9.10. The third-order valence-electron chi connectivity index (χ3n) is 2.77. The van der Waals surface area contributed by atoms with Gasteiger partial charge >= 0.3 is 0 Å². The zero-order chi connectivity index (χ0) is 13.8. The normalized spacial score (nSPS) is 10.5. The number of benzene rings is 2. The van der Waals surface area contributed by atoms with Crippen molar-refractivity contribution < 1.29 is 9.18 Å². The summed E-state index contributed by atoms with van der Waals surface area (Å²) in [5.41, 5.74) is 1.12. The number of Topliss-reactive ketones (excluding diaryl/α,β-unsaturated/α-hetero) is 1. The molecule has 0 aromatic heterocycles. The zero-order valence-corrected chi connectivity index (χ0v) is 11.9. The maximum atomic E-state index is 13.1. The van der Waals surface area contributed by atoms with Crippen LogP contribution in [0.4, 0.5) is 4.39 Å². The molecule has 0 bridgehead atoms. The molecule has 0 saturated heterocycles. The van der Waals surface area contributed by atoms with Crippen molar-refractivity contribution in [1.29, 1.82) is 0 Å². The van der Waals surface area contributed by atoms with E-state index in [0.717, 1.165) is 4.90 Å². The highest BCUT2D eigenvalue weighted by molar-refractivity contribution is 7.98. The topological polar surface area (TPSA) is 17.1 Å². The molecule has 0 radical (unpaired) electrons. The van der Waals surface area contributed by atoms with E-state index in [9.17, 15) is 9.18 Å². The standard InChI is InChI=1S/C15H12ClFOS/c1-19-13-5-2-10(3-6-13)15(18)9-11-8-12(17)4-7-14(11)16/h2-8H,9H2,1H3. The van der Waals surface area contributed by atoms with Gasteiger partial charge in [0.05, 0.1) is 0 Å². The number of halogens is 2. The lowest BCUT2D eigenvalue weighted by Crippen LogP contribution is -2.04. The maximum absolute atomic E-state index is 13.1. The Morgan fingerprint density at radius 1 is 1.21 bits per heavy atom. The Balaban J connectivity index is 2.18. The van der Waals surface area contributed by atoms with Gasteiger partial charge in [0.2, 0.25) is 0 Å². The third-order valence-corrected chi connectivity index (χ3v) is 3.88. The molecule has 0 heterocycles. The SMILES string of the molecule is CSc1ccc(C(=O)Cc2cc(F)ccc2Cl)cc1. The molecule has 2 aromatic carbocycles. The monoisotopic (exact) mass is 294 g/mol. The fourth-order valence-electron chi connectivity index (χ4n) is 1.73. The van der Waals surface area contributed by atoms with Crippen molar-refractivity contribution in [2.45, 2.75) is 11.3 Å². The van der Waals surface area contributed by atoms with Crippen molar-refractivity contribution in [3.05, 3.63) is 64.4 Å². The van der Waals surface area contributed by atoms with Crippen LogP contribution in [0, 0.1) is 5.82 Å². The number of ketones is 1. The lowest BCUT2D eigenvalue weighted by molar-refractivity contribution is 0.0993. The predicted molar refractivity (Wildman–Crippen MR) is 77.7 cm³/mol. The van der Waals surface area contributed by atoms with Gasteiger partial charge in [0, 0.05) is 21.9 Å². The van der Waals surface area contributed by atoms with Crippen molar-refractivity contribution >= 4 is 29.1 Å². The van der Waals surface area contributed by atoms with Crippen LogP contribution in [-0.2, 0) is 6.42 Å². The van der Waals surface area contributed by atoms with Crippen molar-refractivity contribution in [3.63, 3.8) is 0 Å². The zero-order valence-electron chi connectivity index (χ0n) is 10.3. The van der Waals surface area contributed by atoms with Gasteiger partial charge in [-0.15, -0.1) is 11.8 Å². The second kappa shape index (κ2) is 6.22. The first-order valence-electron chi connectivity index (χ1n) is 5.71. The summed E-state index contributed by atoms with van der Waals surface area (Å²) in [5.74, 6) is -0.454. The van der Waals surface area contributed by atoms with Crippen molar-refractivity contribution in [2.75, 3.05) is 6.26 Å². The Labute approximate surface area is 120 Å². The molecule has 0 aliphatic carbocycles. The molecule has 0 atom stereocenters. The molecule has 19 heavy (non-hydrogen) atoms. The number of rotatable bonds is 4. The Kier molecular flexibility index (Phi) is 4.61. The van der Waals surface area contributed by atoms with E-state index < -0.39 is 0 Å². The molecule has 0 spiro atoms. The summed E-state index contributed by atoms with van der Waals surface area (Å²) >= 11 is 7.57. The van der Waals surface area contributed by atoms with E-state index >= 15 is 0 Å². The molecule has 0 unspecified atom stereocenters. The smallest absolute Gasteiger partial charge is 0.167 e. The average Bonchev–Trinajstić information content (AvgIpc) is 2.43. The molecule has 98 valence electrons. The van der Waals surface area contributed by atoms with Crippen LogP contribution >= 0.6 is 23.4 Å². The summed E-state index contributed by atoms with van der Waals surface area (Å²) in [6.07, 6.45) is 2.08. The minimum absolute atomic E-state index is 0.0693. The molecular formula is C15H12ClFOS. The second-order valence-electron chi connectivity index (χ2n) is 4.06. The molecule has 0 fully saturated rings. The number of thioether (sulfide) groups is 1. The first kappa shape index (κ1) is 14.1. The van der Waals surface area contributed by atoms with Gasteiger partial charge in [0.25, 0.3) is 0 Å². The molecule has 2 aromatic rings. The van der Waals surface area contributed by atoms with Gasteiger partial charge in [-0.2, -0.15) is 0 Å². The van der Waals surface area contributed by atoms with Crippen LogP contribution in [0.2, 0.25) is 5.02 Å². The Morgan fingerprint density at radius 3 is 2.53 bits per heavy atom. The minimum atomic E-state index is -0.384. The maximum Gasteiger partial charge on any atom is 0.167 e. The van der Waals surface area contributed by atoms with E-state index in [2.05, 4.69) is 0 Å². The average molecular weight is 295 g/mol. The Morgan fingerprint density at radius 2 is 1.89 bits per heavy atom. The van der Waals surface area contributed by atoms with E-state index in [1.165, 1.54) is 18.2 Å². The van der Waals surface area contributed by atoms with Gasteiger partial charge in [0.1, 0.15) is 5.82 Å². The molecule has 2 rings (SSSR count). The van der Waals surface area contributed by atoms with Crippen LogP contribution in [0.15, 0.2) is 47.4 Å². The van der Waals surface area contributed by atoms with Crippen LogP contribution in [0.5, 0.6) is 0 Å². The lowest BCUT2D eigenvalue weighted by atomic mass is 10.0. The van der Waals surface area contributed by atoms with E-state index in [4.69, 9.17) is 11.6 Å². The van der Waals surface area contributed by atoms with Crippen molar-refractivity contribution in [3.8, 4) is 0 Å². The molecule has 0 saturated carbocycles. The minimum Gasteiger partial charge on any atom is -0.294 e. The highest BCUT2D eigenvalue weighted by Crippen LogP contribution is 2.20. The lowest BCUT2D eigenvalue weighted by Gasteiger charge is -2.05. The number of carbonyl (C=O) groups excluding carboxylic acids is 1. The molecule has 0 aliphatic heterocycles. The van der Waals surface area contributed by atoms with Gasteiger partial charge in [-0.1, -0.05) is 23.7 Å². The second-order valence-corrected chi connectivity index (χ2v) is 5.35. The van der Waals surface area contributed by atoms with E-state index in [1.807, 2.05) is 18.4 Å². The van der Waals surface area contributed by atoms with Gasteiger partial charge in [-0.05, 0) is 42.2 Å². The Hall–Kier alpha value is -1.32. The molecule has 0 N–H and O–H groups in total. The summed E-state index contributed by atoms with van der Waals surface area (Å²) in [6.45, 7) is 0. The highest BCUT2D eigenvalue weighted by atomic mass is 35.5. The van der Waals surface area contributed by atoms with E-state index in [-0.39, 0.29) is 18.0 Å². The van der Waals surface area contributed by atoms with Crippen molar-refractivity contribution in [1.82, 2.24) is 0 Å². The fourth-order valence-corrected chi connectivity index (χ4v) is 2.32. The molecule has 1 nitrogen and oxygen atoms in total. The van der Waals surface area contributed by atoms with Gasteiger partial charge in [-0.25, -0.2) is 4.39 Å².